The lowest BCUT2D eigenvalue weighted by Gasteiger charge is -2.34. The highest BCUT2D eigenvalue weighted by Crippen LogP contribution is 2.33. The Bertz CT molecular complexity index is 961. The van der Waals surface area contributed by atoms with Crippen molar-refractivity contribution >= 4 is 23.6 Å². The molecule has 2 aromatic heterocycles. The monoisotopic (exact) mass is 416 g/mol. The van der Waals surface area contributed by atoms with Gasteiger partial charge < -0.3 is 14.2 Å². The topological polar surface area (TPSA) is 88.7 Å². The van der Waals surface area contributed by atoms with E-state index in [1.165, 1.54) is 18.0 Å². The molecule has 2 aliphatic rings. The molecule has 1 fully saturated rings. The Balaban J connectivity index is 1.37. The van der Waals surface area contributed by atoms with Crippen LogP contribution in [0.4, 0.5) is 0 Å². The van der Waals surface area contributed by atoms with E-state index < -0.39 is 0 Å². The van der Waals surface area contributed by atoms with Crippen LogP contribution in [0.2, 0.25) is 0 Å². The second-order valence-corrected chi connectivity index (χ2v) is 8.63. The minimum Gasteiger partial charge on any atom is -0.459 e. The zero-order valence-electron chi connectivity index (χ0n) is 16.5. The number of aromatic nitrogens is 2. The Labute approximate surface area is 172 Å². The third-order valence-corrected chi connectivity index (χ3v) is 6.46. The molecule has 4 heterocycles. The summed E-state index contributed by atoms with van der Waals surface area (Å²) in [5, 5.41) is 0.702. The predicted molar refractivity (Wildman–Crippen MR) is 108 cm³/mol. The van der Waals surface area contributed by atoms with Crippen molar-refractivity contribution in [2.75, 3.05) is 31.9 Å². The normalized spacial score (nSPS) is 18.9. The summed E-state index contributed by atoms with van der Waals surface area (Å²) in [6.45, 7) is 5.93. The number of hydrogen-bond donors (Lipinski definition) is 0. The van der Waals surface area contributed by atoms with Crippen LogP contribution in [0.3, 0.4) is 0 Å². The van der Waals surface area contributed by atoms with Gasteiger partial charge in [-0.25, -0.2) is 4.98 Å². The number of piperazine rings is 1. The van der Waals surface area contributed by atoms with Gasteiger partial charge in [-0.15, -0.1) is 0 Å². The Morgan fingerprint density at radius 1 is 1.24 bits per heavy atom. The van der Waals surface area contributed by atoms with Gasteiger partial charge in [0.25, 0.3) is 11.5 Å². The summed E-state index contributed by atoms with van der Waals surface area (Å²) in [5.41, 5.74) is 0.702. The van der Waals surface area contributed by atoms with Gasteiger partial charge in [-0.05, 0) is 18.1 Å². The molecule has 2 aromatic rings. The molecule has 0 bridgehead atoms. The lowest BCUT2D eigenvalue weighted by Crippen LogP contribution is -2.51. The van der Waals surface area contributed by atoms with E-state index in [-0.39, 0.29) is 35.8 Å². The maximum atomic E-state index is 12.8. The third kappa shape index (κ3) is 3.96. The summed E-state index contributed by atoms with van der Waals surface area (Å²) in [7, 11) is 0. The van der Waals surface area contributed by atoms with E-state index >= 15 is 0 Å². The number of hydrogen-bond acceptors (Lipinski definition) is 6. The molecule has 154 valence electrons. The smallest absolute Gasteiger partial charge is 0.289 e. The van der Waals surface area contributed by atoms with Crippen molar-refractivity contribution in [2.24, 2.45) is 0 Å². The molecule has 1 atom stereocenters. The number of amides is 2. The highest BCUT2D eigenvalue weighted by Gasteiger charge is 2.31. The van der Waals surface area contributed by atoms with Gasteiger partial charge in [0.15, 0.2) is 10.9 Å². The third-order valence-electron chi connectivity index (χ3n) is 5.36. The molecule has 8 nitrogen and oxygen atoms in total. The molecule has 29 heavy (non-hydrogen) atoms. The van der Waals surface area contributed by atoms with Crippen molar-refractivity contribution in [3.05, 3.63) is 46.3 Å². The van der Waals surface area contributed by atoms with Crippen molar-refractivity contribution in [3.63, 3.8) is 0 Å². The van der Waals surface area contributed by atoms with E-state index in [9.17, 15) is 14.4 Å². The zero-order valence-corrected chi connectivity index (χ0v) is 17.4. The highest BCUT2D eigenvalue weighted by molar-refractivity contribution is 7.99. The SMILES string of the molecule is CC(C)c1cc(=O)n2c(n1)SCC2CC(=O)N1CCN(C(=O)c2ccco2)CC1. The Morgan fingerprint density at radius 3 is 2.62 bits per heavy atom. The summed E-state index contributed by atoms with van der Waals surface area (Å²) in [6.07, 6.45) is 1.75. The van der Waals surface area contributed by atoms with Gasteiger partial charge in [-0.1, -0.05) is 25.6 Å². The highest BCUT2D eigenvalue weighted by atomic mass is 32.2. The molecule has 0 saturated carbocycles. The van der Waals surface area contributed by atoms with Crippen molar-refractivity contribution in [3.8, 4) is 0 Å². The largest absolute Gasteiger partial charge is 0.459 e. The zero-order chi connectivity index (χ0) is 20.5. The summed E-state index contributed by atoms with van der Waals surface area (Å²) in [6, 6.07) is 4.74. The maximum Gasteiger partial charge on any atom is 0.289 e. The van der Waals surface area contributed by atoms with Gasteiger partial charge in [-0.3, -0.25) is 19.0 Å². The van der Waals surface area contributed by atoms with Crippen LogP contribution in [-0.4, -0.2) is 63.1 Å². The summed E-state index contributed by atoms with van der Waals surface area (Å²) in [5.74, 6) is 1.04. The molecule has 1 unspecified atom stereocenters. The summed E-state index contributed by atoms with van der Waals surface area (Å²) < 4.78 is 6.82. The van der Waals surface area contributed by atoms with Gasteiger partial charge in [-0.2, -0.15) is 0 Å². The van der Waals surface area contributed by atoms with Crippen LogP contribution in [0.5, 0.6) is 0 Å². The minimum atomic E-state index is -0.175. The van der Waals surface area contributed by atoms with Crippen molar-refractivity contribution in [1.29, 1.82) is 0 Å². The molecule has 9 heteroatoms. The first kappa shape index (κ1) is 19.8. The summed E-state index contributed by atoms with van der Waals surface area (Å²) in [4.78, 5) is 45.8. The molecular formula is C20H24N4O4S. The molecular weight excluding hydrogens is 392 g/mol. The maximum absolute atomic E-state index is 12.8. The van der Waals surface area contributed by atoms with Gasteiger partial charge in [0, 0.05) is 44.4 Å². The van der Waals surface area contributed by atoms with E-state index in [4.69, 9.17) is 4.42 Å². The number of carbonyl (C=O) groups excluding carboxylic acids is 2. The fraction of sp³-hybridized carbons (Fsp3) is 0.500. The minimum absolute atomic E-state index is 0.00776. The first-order chi connectivity index (χ1) is 13.9. The van der Waals surface area contributed by atoms with E-state index in [1.807, 2.05) is 13.8 Å². The number of thioether (sulfide) groups is 1. The lowest BCUT2D eigenvalue weighted by atomic mass is 10.1. The standard InChI is InChI=1S/C20H24N4O4S/c1-13(2)15-11-18(26)24-14(12-29-20(24)21-15)10-17(25)22-5-7-23(8-6-22)19(27)16-4-3-9-28-16/h3-4,9,11,13-14H,5-8,10,12H2,1-2H3. The van der Waals surface area contributed by atoms with Crippen molar-refractivity contribution in [2.45, 2.75) is 37.4 Å². The second-order valence-electron chi connectivity index (χ2n) is 7.65. The van der Waals surface area contributed by atoms with Gasteiger partial charge >= 0.3 is 0 Å². The number of furan rings is 1. The second kappa shape index (κ2) is 8.06. The predicted octanol–water partition coefficient (Wildman–Crippen LogP) is 1.98. The fourth-order valence-corrected chi connectivity index (χ4v) is 4.82. The van der Waals surface area contributed by atoms with Crippen LogP contribution in [0.15, 0.2) is 38.8 Å². The van der Waals surface area contributed by atoms with Crippen LogP contribution in [0.1, 0.15) is 48.5 Å². The molecule has 2 aliphatic heterocycles. The van der Waals surface area contributed by atoms with Crippen LogP contribution in [0.25, 0.3) is 0 Å². The average Bonchev–Trinajstić information content (AvgIpc) is 3.38. The summed E-state index contributed by atoms with van der Waals surface area (Å²) >= 11 is 1.53. The van der Waals surface area contributed by atoms with Crippen LogP contribution in [0, 0.1) is 0 Å². The Morgan fingerprint density at radius 2 is 1.97 bits per heavy atom. The molecule has 0 N–H and O–H groups in total. The molecule has 4 rings (SSSR count). The molecule has 2 amide bonds. The molecule has 0 spiro atoms. The van der Waals surface area contributed by atoms with Crippen molar-refractivity contribution in [1.82, 2.24) is 19.4 Å². The number of fused-ring (bicyclic) bond motifs is 1. The molecule has 1 saturated heterocycles. The quantitative estimate of drug-likeness (QED) is 0.708. The van der Waals surface area contributed by atoms with Crippen LogP contribution >= 0.6 is 11.8 Å². The van der Waals surface area contributed by atoms with Crippen LogP contribution in [-0.2, 0) is 4.79 Å². The van der Waals surface area contributed by atoms with Crippen molar-refractivity contribution < 1.29 is 14.0 Å². The van der Waals surface area contributed by atoms with Crippen LogP contribution < -0.4 is 5.56 Å². The lowest BCUT2D eigenvalue weighted by molar-refractivity contribution is -0.133. The first-order valence-corrected chi connectivity index (χ1v) is 10.8. The Kier molecular flexibility index (Phi) is 5.49. The first-order valence-electron chi connectivity index (χ1n) is 9.81. The van der Waals surface area contributed by atoms with Gasteiger partial charge in [0.2, 0.25) is 5.91 Å². The molecule has 0 aromatic carbocycles. The number of nitrogens with zero attached hydrogens (tertiary/aromatic N) is 4. The number of carbonyl (C=O) groups is 2. The van der Waals surface area contributed by atoms with Gasteiger partial charge in [0.1, 0.15) is 0 Å². The van der Waals surface area contributed by atoms with E-state index in [1.54, 1.807) is 32.6 Å². The molecule has 0 aliphatic carbocycles. The van der Waals surface area contributed by atoms with E-state index in [2.05, 4.69) is 4.98 Å². The Hall–Kier alpha value is -2.55. The number of rotatable bonds is 4. The van der Waals surface area contributed by atoms with E-state index in [0.717, 1.165) is 5.69 Å². The molecule has 0 radical (unpaired) electrons. The van der Waals surface area contributed by atoms with E-state index in [0.29, 0.717) is 42.8 Å². The fourth-order valence-electron chi connectivity index (χ4n) is 3.66. The average molecular weight is 417 g/mol. The van der Waals surface area contributed by atoms with Gasteiger partial charge in [0.05, 0.1) is 18.0 Å².